The minimum Gasteiger partial charge on any atom is -0.486 e. The van der Waals surface area contributed by atoms with Crippen molar-refractivity contribution >= 4 is 17.2 Å². The van der Waals surface area contributed by atoms with Crippen LogP contribution in [0.25, 0.3) is 10.6 Å². The number of piperidine rings is 1. The molecule has 4 heterocycles. The van der Waals surface area contributed by atoms with Crippen LogP contribution in [-0.2, 0) is 0 Å². The number of fused-ring (bicyclic) bond motifs is 1. The van der Waals surface area contributed by atoms with Crippen LogP contribution in [0.15, 0.2) is 23.6 Å². The summed E-state index contributed by atoms with van der Waals surface area (Å²) in [6.07, 6.45) is 1.85. The Hall–Kier alpha value is -3.01. The lowest BCUT2D eigenvalue weighted by Gasteiger charge is -2.30. The molecule has 3 aromatic rings. The van der Waals surface area contributed by atoms with Crippen molar-refractivity contribution in [2.75, 3.05) is 26.3 Å². The molecule has 1 unspecified atom stereocenters. The second-order valence-electron chi connectivity index (χ2n) is 6.76. The lowest BCUT2D eigenvalue weighted by Crippen LogP contribution is -2.39. The highest BCUT2D eigenvalue weighted by Crippen LogP contribution is 2.35. The fraction of sp³-hybridized carbons (Fsp3) is 0.389. The van der Waals surface area contributed by atoms with E-state index in [0.717, 1.165) is 29.2 Å². The predicted octanol–water partition coefficient (Wildman–Crippen LogP) is 2.11. The van der Waals surface area contributed by atoms with Gasteiger partial charge in [0, 0.05) is 30.0 Å². The van der Waals surface area contributed by atoms with Gasteiger partial charge in [-0.05, 0) is 31.0 Å². The van der Waals surface area contributed by atoms with Crippen LogP contribution in [-0.4, -0.2) is 62.7 Å². The first-order chi connectivity index (χ1) is 13.8. The third kappa shape index (κ3) is 3.19. The molecule has 0 saturated carbocycles. The summed E-state index contributed by atoms with van der Waals surface area (Å²) in [4.78, 5) is 19.4. The quantitative estimate of drug-likeness (QED) is 0.720. The van der Waals surface area contributed by atoms with Gasteiger partial charge in [0.1, 0.15) is 23.9 Å². The van der Waals surface area contributed by atoms with Gasteiger partial charge < -0.3 is 14.4 Å². The largest absolute Gasteiger partial charge is 0.486 e. The number of likely N-dealkylation sites (tertiary alicyclic amines) is 1. The summed E-state index contributed by atoms with van der Waals surface area (Å²) < 4.78 is 11.2. The van der Waals surface area contributed by atoms with Gasteiger partial charge in [0.15, 0.2) is 17.3 Å². The topological polar surface area (TPSA) is 106 Å². The number of amides is 1. The van der Waals surface area contributed by atoms with Crippen LogP contribution in [0.2, 0.25) is 0 Å². The normalized spacial score (nSPS) is 18.9. The number of rotatable bonds is 3. The number of hydrogen-bond acceptors (Lipinski definition) is 8. The van der Waals surface area contributed by atoms with Gasteiger partial charge in [-0.3, -0.25) is 4.79 Å². The second kappa shape index (κ2) is 7.19. The molecule has 0 radical (unpaired) electrons. The molecule has 1 aromatic carbocycles. The van der Waals surface area contributed by atoms with E-state index in [1.807, 2.05) is 28.5 Å². The molecule has 144 valence electrons. The predicted molar refractivity (Wildman–Crippen MR) is 101 cm³/mol. The van der Waals surface area contributed by atoms with E-state index in [0.29, 0.717) is 43.6 Å². The molecule has 28 heavy (non-hydrogen) atoms. The van der Waals surface area contributed by atoms with E-state index in [4.69, 9.17) is 9.47 Å². The van der Waals surface area contributed by atoms with Crippen molar-refractivity contribution < 1.29 is 14.3 Å². The molecule has 0 aliphatic carbocycles. The SMILES string of the molecule is O=C(c1csc(-c2ccc3c(c2)OCCO3)n1)N1CCCC(c2nn[nH]n2)C1. The molecule has 1 atom stereocenters. The zero-order valence-corrected chi connectivity index (χ0v) is 15.8. The van der Waals surface area contributed by atoms with Gasteiger partial charge in [-0.25, -0.2) is 4.98 Å². The number of H-pyrrole nitrogens is 1. The highest BCUT2D eigenvalue weighted by molar-refractivity contribution is 7.13. The van der Waals surface area contributed by atoms with Crippen LogP contribution in [0.5, 0.6) is 11.5 Å². The van der Waals surface area contributed by atoms with E-state index in [9.17, 15) is 4.79 Å². The third-order valence-corrected chi connectivity index (χ3v) is 5.84. The molecule has 5 rings (SSSR count). The molecule has 1 saturated heterocycles. The maximum Gasteiger partial charge on any atom is 0.273 e. The minimum atomic E-state index is -0.0618. The maximum absolute atomic E-state index is 13.0. The highest BCUT2D eigenvalue weighted by Gasteiger charge is 2.29. The molecule has 0 bridgehead atoms. The number of ether oxygens (including phenoxy) is 2. The molecule has 1 amide bonds. The number of nitrogens with one attached hydrogen (secondary N) is 1. The van der Waals surface area contributed by atoms with Crippen LogP contribution >= 0.6 is 11.3 Å². The minimum absolute atomic E-state index is 0.0618. The van der Waals surface area contributed by atoms with E-state index >= 15 is 0 Å². The van der Waals surface area contributed by atoms with E-state index in [2.05, 4.69) is 25.6 Å². The van der Waals surface area contributed by atoms with Gasteiger partial charge in [0.2, 0.25) is 0 Å². The standard InChI is InChI=1S/C18H18N6O3S/c25-18(24-5-1-2-12(9-24)16-20-22-23-21-16)13-10-28-17(19-13)11-3-4-14-15(8-11)27-7-6-26-14/h3-4,8,10,12H,1-2,5-7,9H2,(H,20,21,22,23). The van der Waals surface area contributed by atoms with Crippen molar-refractivity contribution in [3.8, 4) is 22.1 Å². The molecule has 2 aromatic heterocycles. The van der Waals surface area contributed by atoms with Crippen LogP contribution in [0, 0.1) is 0 Å². The molecule has 2 aliphatic heterocycles. The van der Waals surface area contributed by atoms with Crippen molar-refractivity contribution in [2.45, 2.75) is 18.8 Å². The summed E-state index contributed by atoms with van der Waals surface area (Å²) in [5.74, 6) is 2.16. The molecular weight excluding hydrogens is 380 g/mol. The first-order valence-electron chi connectivity index (χ1n) is 9.16. The van der Waals surface area contributed by atoms with E-state index in [1.165, 1.54) is 11.3 Å². The van der Waals surface area contributed by atoms with Gasteiger partial charge >= 0.3 is 0 Å². The number of aromatic nitrogens is 5. The average Bonchev–Trinajstić information content (AvgIpc) is 3.45. The van der Waals surface area contributed by atoms with Crippen LogP contribution < -0.4 is 9.47 Å². The Kier molecular flexibility index (Phi) is 4.40. The smallest absolute Gasteiger partial charge is 0.273 e. The Labute approximate surface area is 164 Å². The summed E-state index contributed by atoms with van der Waals surface area (Å²) in [6, 6.07) is 5.73. The van der Waals surface area contributed by atoms with E-state index in [1.54, 1.807) is 0 Å². The molecular formula is C18H18N6O3S. The van der Waals surface area contributed by atoms with Gasteiger partial charge in [0.05, 0.1) is 0 Å². The first-order valence-corrected chi connectivity index (χ1v) is 10.0. The zero-order valence-electron chi connectivity index (χ0n) is 15.0. The highest BCUT2D eigenvalue weighted by atomic mass is 32.1. The van der Waals surface area contributed by atoms with Crippen LogP contribution in [0.1, 0.15) is 35.1 Å². The van der Waals surface area contributed by atoms with Crippen LogP contribution in [0.4, 0.5) is 0 Å². The lowest BCUT2D eigenvalue weighted by atomic mass is 9.97. The van der Waals surface area contributed by atoms with Gasteiger partial charge in [-0.15, -0.1) is 21.5 Å². The molecule has 0 spiro atoms. The molecule has 1 fully saturated rings. The van der Waals surface area contributed by atoms with Crippen LogP contribution in [0.3, 0.4) is 0 Å². The number of aromatic amines is 1. The second-order valence-corrected chi connectivity index (χ2v) is 7.61. The lowest BCUT2D eigenvalue weighted by molar-refractivity contribution is 0.0699. The summed E-state index contributed by atoms with van der Waals surface area (Å²) in [5, 5.41) is 16.8. The maximum atomic E-state index is 13.0. The Bertz CT molecular complexity index is 989. The Morgan fingerprint density at radius 2 is 2.14 bits per heavy atom. The third-order valence-electron chi connectivity index (χ3n) is 4.95. The number of tetrazole rings is 1. The number of benzene rings is 1. The molecule has 9 nitrogen and oxygen atoms in total. The van der Waals surface area contributed by atoms with Gasteiger partial charge in [-0.2, -0.15) is 5.21 Å². The summed E-state index contributed by atoms with van der Waals surface area (Å²) in [6.45, 7) is 2.39. The molecule has 1 N–H and O–H groups in total. The Morgan fingerprint density at radius 1 is 1.25 bits per heavy atom. The number of nitrogens with zero attached hydrogens (tertiary/aromatic N) is 5. The summed E-state index contributed by atoms with van der Waals surface area (Å²) in [7, 11) is 0. The Morgan fingerprint density at radius 3 is 3.00 bits per heavy atom. The Balaban J connectivity index is 1.33. The van der Waals surface area contributed by atoms with Crippen molar-refractivity contribution in [3.05, 3.63) is 35.1 Å². The van der Waals surface area contributed by atoms with E-state index in [-0.39, 0.29) is 11.8 Å². The molecule has 2 aliphatic rings. The van der Waals surface area contributed by atoms with Gasteiger partial charge in [-0.1, -0.05) is 5.21 Å². The number of thiazole rings is 1. The number of carbonyl (C=O) groups is 1. The fourth-order valence-corrected chi connectivity index (χ4v) is 4.35. The number of hydrogen-bond donors (Lipinski definition) is 1. The van der Waals surface area contributed by atoms with Crippen molar-refractivity contribution in [1.29, 1.82) is 0 Å². The zero-order chi connectivity index (χ0) is 18.9. The summed E-state index contributed by atoms with van der Waals surface area (Å²) >= 11 is 1.45. The fourth-order valence-electron chi connectivity index (χ4n) is 3.56. The van der Waals surface area contributed by atoms with Gasteiger partial charge in [0.25, 0.3) is 5.91 Å². The summed E-state index contributed by atoms with van der Waals surface area (Å²) in [5.41, 5.74) is 1.38. The monoisotopic (exact) mass is 398 g/mol. The van der Waals surface area contributed by atoms with Crippen molar-refractivity contribution in [3.63, 3.8) is 0 Å². The van der Waals surface area contributed by atoms with E-state index < -0.39 is 0 Å². The average molecular weight is 398 g/mol. The van der Waals surface area contributed by atoms with Crippen molar-refractivity contribution in [2.24, 2.45) is 0 Å². The number of carbonyl (C=O) groups excluding carboxylic acids is 1. The molecule has 10 heteroatoms. The first kappa shape index (κ1) is 17.1. The van der Waals surface area contributed by atoms with Crippen molar-refractivity contribution in [1.82, 2.24) is 30.5 Å².